The van der Waals surface area contributed by atoms with Crippen molar-refractivity contribution >= 4 is 17.7 Å². The normalized spacial score (nSPS) is 21.1. The van der Waals surface area contributed by atoms with E-state index < -0.39 is 0 Å². The molecule has 2 bridgehead atoms. The number of benzene rings is 2. The van der Waals surface area contributed by atoms with Crippen LogP contribution in [0.1, 0.15) is 37.8 Å². The second-order valence-electron chi connectivity index (χ2n) is 10.2. The van der Waals surface area contributed by atoms with Gasteiger partial charge in [-0.15, -0.1) is 0 Å². The number of fused-ring (bicyclic) bond motifs is 3. The lowest BCUT2D eigenvalue weighted by atomic mass is 9.82. The summed E-state index contributed by atoms with van der Waals surface area (Å²) in [7, 11) is 0. The Bertz CT molecular complexity index is 1110. The lowest BCUT2D eigenvalue weighted by Crippen LogP contribution is -2.49. The van der Waals surface area contributed by atoms with Gasteiger partial charge in [-0.25, -0.2) is 0 Å². The van der Waals surface area contributed by atoms with Gasteiger partial charge in [-0.1, -0.05) is 60.7 Å². The van der Waals surface area contributed by atoms with E-state index in [9.17, 15) is 14.4 Å². The largest absolute Gasteiger partial charge is 0.489 e. The Balaban J connectivity index is 1.56. The highest BCUT2D eigenvalue weighted by molar-refractivity contribution is 5.86. The van der Waals surface area contributed by atoms with Crippen LogP contribution in [0.25, 0.3) is 0 Å². The average molecular weight is 504 g/mol. The number of carbonyl (C=O) groups excluding carboxylic acids is 3. The minimum atomic E-state index is -0.0980. The number of nitrogens with zero attached hydrogens (tertiary/aromatic N) is 2. The van der Waals surface area contributed by atoms with Crippen LogP contribution in [0.5, 0.6) is 5.75 Å². The van der Waals surface area contributed by atoms with Crippen LogP contribution in [-0.2, 0) is 27.3 Å². The molecule has 0 aliphatic carbocycles. The molecular weight excluding hydrogens is 466 g/mol. The molecule has 2 aromatic rings. The van der Waals surface area contributed by atoms with Crippen LogP contribution in [0.2, 0.25) is 0 Å². The van der Waals surface area contributed by atoms with E-state index in [1.165, 1.54) is 0 Å². The summed E-state index contributed by atoms with van der Waals surface area (Å²) < 4.78 is 6.08. The van der Waals surface area contributed by atoms with Crippen molar-refractivity contribution in [3.05, 3.63) is 77.9 Å². The highest BCUT2D eigenvalue weighted by Gasteiger charge is 2.33. The van der Waals surface area contributed by atoms with E-state index in [2.05, 4.69) is 11.4 Å². The van der Waals surface area contributed by atoms with Gasteiger partial charge in [0.1, 0.15) is 18.9 Å². The fourth-order valence-electron chi connectivity index (χ4n) is 5.07. The van der Waals surface area contributed by atoms with Crippen molar-refractivity contribution in [1.29, 1.82) is 0 Å². The van der Waals surface area contributed by atoms with Crippen molar-refractivity contribution in [2.45, 2.75) is 45.7 Å². The fraction of sp³-hybridized carbons (Fsp3) is 0.433. The van der Waals surface area contributed by atoms with Crippen molar-refractivity contribution in [3.63, 3.8) is 0 Å². The number of ether oxygens (including phenoxy) is 1. The predicted molar refractivity (Wildman–Crippen MR) is 143 cm³/mol. The highest BCUT2D eigenvalue weighted by Crippen LogP contribution is 2.29. The SMILES string of the molecule is CC(C)NC(=O)C[C@@H]1CCN2C[C@@H]1/C=C\COc1ccccc1CN(C(=O)Cc1ccccc1)CC2=O. The van der Waals surface area contributed by atoms with Gasteiger partial charge in [-0.05, 0) is 43.7 Å². The topological polar surface area (TPSA) is 79.0 Å². The molecule has 0 spiro atoms. The molecule has 4 rings (SSSR count). The molecule has 2 aliphatic heterocycles. The van der Waals surface area contributed by atoms with Crippen molar-refractivity contribution in [1.82, 2.24) is 15.1 Å². The Kier molecular flexibility index (Phi) is 8.99. The molecule has 1 saturated heterocycles. The monoisotopic (exact) mass is 503 g/mol. The van der Waals surface area contributed by atoms with Crippen LogP contribution < -0.4 is 10.1 Å². The molecule has 0 radical (unpaired) electrons. The van der Waals surface area contributed by atoms with E-state index in [0.29, 0.717) is 38.4 Å². The van der Waals surface area contributed by atoms with E-state index in [1.807, 2.05) is 79.4 Å². The summed E-state index contributed by atoms with van der Waals surface area (Å²) in [6.45, 7) is 5.71. The number of carbonyl (C=O) groups is 3. The van der Waals surface area contributed by atoms with E-state index in [4.69, 9.17) is 4.74 Å². The Morgan fingerprint density at radius 3 is 2.59 bits per heavy atom. The zero-order valence-electron chi connectivity index (χ0n) is 21.8. The third-order valence-corrected chi connectivity index (χ3v) is 6.99. The van der Waals surface area contributed by atoms with E-state index >= 15 is 0 Å². The number of piperidine rings is 1. The molecule has 0 unspecified atom stereocenters. The van der Waals surface area contributed by atoms with Gasteiger partial charge in [0.2, 0.25) is 17.7 Å². The summed E-state index contributed by atoms with van der Waals surface area (Å²) >= 11 is 0. The van der Waals surface area contributed by atoms with Crippen molar-refractivity contribution in [3.8, 4) is 5.75 Å². The van der Waals surface area contributed by atoms with E-state index in [1.54, 1.807) is 4.90 Å². The molecule has 3 amide bonds. The van der Waals surface area contributed by atoms with Crippen LogP contribution >= 0.6 is 0 Å². The molecule has 2 aromatic carbocycles. The Morgan fingerprint density at radius 2 is 1.81 bits per heavy atom. The summed E-state index contributed by atoms with van der Waals surface area (Å²) in [6, 6.07) is 17.3. The predicted octanol–water partition coefficient (Wildman–Crippen LogP) is 3.59. The molecule has 1 fully saturated rings. The smallest absolute Gasteiger partial charge is 0.242 e. The minimum absolute atomic E-state index is 0.00887. The molecule has 7 nitrogen and oxygen atoms in total. The first-order chi connectivity index (χ1) is 17.9. The molecule has 196 valence electrons. The lowest BCUT2D eigenvalue weighted by molar-refractivity contribution is -0.142. The molecule has 37 heavy (non-hydrogen) atoms. The maximum absolute atomic E-state index is 13.5. The molecule has 2 heterocycles. The molecule has 1 N–H and O–H groups in total. The standard InChI is InChI=1S/C30H37N3O4/c1-22(2)31-28(34)18-24-14-15-32-19-25(24)12-8-16-37-27-13-7-6-11-26(27)20-33(21-30(32)36)29(35)17-23-9-4-3-5-10-23/h3-13,22,24-25H,14-21H2,1-2H3,(H,31,34)/b12-8-/t24-,25-/m0/s1. The summed E-state index contributed by atoms with van der Waals surface area (Å²) in [5.41, 5.74) is 1.78. The van der Waals surface area contributed by atoms with Gasteiger partial charge in [0.15, 0.2) is 0 Å². The van der Waals surface area contributed by atoms with Crippen LogP contribution in [0.3, 0.4) is 0 Å². The number of hydrogen-bond donors (Lipinski definition) is 1. The number of hydrogen-bond acceptors (Lipinski definition) is 4. The van der Waals surface area contributed by atoms with Gasteiger partial charge in [0.25, 0.3) is 0 Å². The second kappa shape index (κ2) is 12.6. The molecular formula is C30H37N3O4. The maximum Gasteiger partial charge on any atom is 0.242 e. The zero-order valence-corrected chi connectivity index (χ0v) is 21.8. The fourth-order valence-corrected chi connectivity index (χ4v) is 5.07. The van der Waals surface area contributed by atoms with Gasteiger partial charge in [0.05, 0.1) is 6.42 Å². The van der Waals surface area contributed by atoms with Crippen LogP contribution in [0.4, 0.5) is 0 Å². The van der Waals surface area contributed by atoms with Crippen LogP contribution in [0.15, 0.2) is 66.7 Å². The quantitative estimate of drug-likeness (QED) is 0.633. The average Bonchev–Trinajstić information content (AvgIpc) is 2.88. The number of nitrogens with one attached hydrogen (secondary N) is 1. The van der Waals surface area contributed by atoms with Crippen molar-refractivity contribution < 1.29 is 19.1 Å². The third-order valence-electron chi connectivity index (χ3n) is 6.99. The van der Waals surface area contributed by atoms with E-state index in [-0.39, 0.29) is 48.6 Å². The van der Waals surface area contributed by atoms with E-state index in [0.717, 1.165) is 17.5 Å². The maximum atomic E-state index is 13.5. The number of para-hydroxylation sites is 1. The summed E-state index contributed by atoms with van der Waals surface area (Å²) in [4.78, 5) is 42.9. The first kappa shape index (κ1) is 26.5. The first-order valence-electron chi connectivity index (χ1n) is 13.1. The summed E-state index contributed by atoms with van der Waals surface area (Å²) in [5, 5.41) is 2.99. The number of rotatable bonds is 5. The minimum Gasteiger partial charge on any atom is -0.489 e. The van der Waals surface area contributed by atoms with Crippen molar-refractivity contribution in [2.75, 3.05) is 26.2 Å². The molecule has 2 aliphatic rings. The summed E-state index contributed by atoms with van der Waals surface area (Å²) in [6.07, 6.45) is 5.48. The molecule has 2 atom stereocenters. The van der Waals surface area contributed by atoms with Gasteiger partial charge in [-0.2, -0.15) is 0 Å². The highest BCUT2D eigenvalue weighted by atomic mass is 16.5. The van der Waals surface area contributed by atoms with Crippen LogP contribution in [-0.4, -0.2) is 59.8 Å². The zero-order chi connectivity index (χ0) is 26.2. The van der Waals surface area contributed by atoms with Crippen molar-refractivity contribution in [2.24, 2.45) is 11.8 Å². The lowest BCUT2D eigenvalue weighted by Gasteiger charge is -2.38. The van der Waals surface area contributed by atoms with Gasteiger partial charge >= 0.3 is 0 Å². The third kappa shape index (κ3) is 7.44. The Morgan fingerprint density at radius 1 is 1.05 bits per heavy atom. The molecule has 0 saturated carbocycles. The first-order valence-corrected chi connectivity index (χ1v) is 13.1. The Hall–Kier alpha value is -3.61. The van der Waals surface area contributed by atoms with Crippen LogP contribution in [0, 0.1) is 11.8 Å². The van der Waals surface area contributed by atoms with Gasteiger partial charge < -0.3 is 19.9 Å². The Labute approximate surface area is 219 Å². The van der Waals surface area contributed by atoms with Gasteiger partial charge in [-0.3, -0.25) is 14.4 Å². The second-order valence-corrected chi connectivity index (χ2v) is 10.2. The number of amides is 3. The van der Waals surface area contributed by atoms with Gasteiger partial charge in [0, 0.05) is 37.7 Å². The molecule has 7 heteroatoms. The summed E-state index contributed by atoms with van der Waals surface area (Å²) in [5.74, 6) is 0.768. The molecule has 0 aromatic heterocycles.